The molecule has 0 aromatic carbocycles. The van der Waals surface area contributed by atoms with E-state index < -0.39 is 8.32 Å². The summed E-state index contributed by atoms with van der Waals surface area (Å²) in [6, 6.07) is 1.86. The van der Waals surface area contributed by atoms with Crippen molar-refractivity contribution in [3.05, 3.63) is 18.5 Å². The van der Waals surface area contributed by atoms with Gasteiger partial charge in [0.05, 0.1) is 13.3 Å². The number of hydrogen-bond donors (Lipinski definition) is 0. The van der Waals surface area contributed by atoms with Gasteiger partial charge in [0.15, 0.2) is 11.5 Å². The molecule has 0 amide bonds. The van der Waals surface area contributed by atoms with Gasteiger partial charge in [-0.05, 0) is 16.6 Å². The normalized spacial score (nSPS) is 12.3. The molecule has 108 valence electrons. The molecule has 0 aliphatic heterocycles. The second-order valence-corrected chi connectivity index (χ2v) is 11.3. The zero-order valence-corrected chi connectivity index (χ0v) is 14.2. The Morgan fingerprint density at radius 1 is 0.947 bits per heavy atom. The molecule has 1 rings (SSSR count). The summed E-state index contributed by atoms with van der Waals surface area (Å²) in [6.45, 7) is 13.6. The van der Waals surface area contributed by atoms with Gasteiger partial charge in [-0.15, -0.1) is 0 Å². The van der Waals surface area contributed by atoms with Crippen LogP contribution in [0.5, 0.6) is 11.5 Å². The lowest BCUT2D eigenvalue weighted by atomic mass is 10.4. The minimum absolute atomic E-state index is 0.539. The number of rotatable bonds is 6. The third kappa shape index (κ3) is 3.11. The maximum atomic E-state index is 6.56. The Kier molecular flexibility index (Phi) is 5.41. The predicted octanol–water partition coefficient (Wildman–Crippen LogP) is 4.64. The zero-order valence-electron chi connectivity index (χ0n) is 13.2. The van der Waals surface area contributed by atoms with Crippen LogP contribution in [0, 0.1) is 0 Å². The van der Waals surface area contributed by atoms with Gasteiger partial charge in [-0.1, -0.05) is 41.5 Å². The number of pyridine rings is 1. The molecule has 0 atom stereocenters. The maximum absolute atomic E-state index is 6.56. The smallest absolute Gasteiger partial charge is 0.259 e. The molecule has 0 unspecified atom stereocenters. The van der Waals surface area contributed by atoms with Crippen LogP contribution in [0.4, 0.5) is 0 Å². The van der Waals surface area contributed by atoms with Crippen molar-refractivity contribution in [1.82, 2.24) is 4.98 Å². The van der Waals surface area contributed by atoms with Crippen molar-refractivity contribution in [2.24, 2.45) is 0 Å². The maximum Gasteiger partial charge on any atom is 0.259 e. The van der Waals surface area contributed by atoms with Crippen molar-refractivity contribution < 1.29 is 9.16 Å². The van der Waals surface area contributed by atoms with Crippen molar-refractivity contribution in [3.63, 3.8) is 0 Å². The topological polar surface area (TPSA) is 31.4 Å². The summed E-state index contributed by atoms with van der Waals surface area (Å²) in [5, 5.41) is 0. The van der Waals surface area contributed by atoms with Gasteiger partial charge in [0.25, 0.3) is 8.32 Å². The van der Waals surface area contributed by atoms with Crippen LogP contribution in [0.3, 0.4) is 0 Å². The Balaban J connectivity index is 3.21. The summed E-state index contributed by atoms with van der Waals surface area (Å²) in [7, 11) is -0.264. The minimum atomic E-state index is -1.94. The third-order valence-electron chi connectivity index (χ3n) is 3.96. The van der Waals surface area contributed by atoms with Crippen LogP contribution in [0.25, 0.3) is 0 Å². The molecule has 4 heteroatoms. The van der Waals surface area contributed by atoms with Gasteiger partial charge in [0.2, 0.25) is 0 Å². The third-order valence-corrected chi connectivity index (χ3v) is 9.95. The second-order valence-electron chi connectivity index (χ2n) is 5.95. The van der Waals surface area contributed by atoms with Crippen LogP contribution in [0.15, 0.2) is 18.5 Å². The van der Waals surface area contributed by atoms with Gasteiger partial charge in [-0.25, -0.2) is 0 Å². The van der Waals surface area contributed by atoms with Crippen LogP contribution in [-0.4, -0.2) is 20.4 Å². The first-order valence-corrected chi connectivity index (χ1v) is 9.17. The van der Waals surface area contributed by atoms with Gasteiger partial charge in [-0.3, -0.25) is 4.98 Å². The van der Waals surface area contributed by atoms with E-state index in [-0.39, 0.29) is 0 Å². The first kappa shape index (κ1) is 16.0. The molecule has 0 bridgehead atoms. The van der Waals surface area contributed by atoms with Gasteiger partial charge in [0, 0.05) is 12.3 Å². The lowest BCUT2D eigenvalue weighted by Gasteiger charge is -2.42. The molecule has 1 aromatic rings. The van der Waals surface area contributed by atoms with E-state index in [1.54, 1.807) is 19.5 Å². The molecule has 0 aliphatic carbocycles. The molecule has 0 saturated carbocycles. The van der Waals surface area contributed by atoms with E-state index in [2.05, 4.69) is 46.5 Å². The average Bonchev–Trinajstić information content (AvgIpc) is 2.34. The fraction of sp³-hybridized carbons (Fsp3) is 0.667. The molecule has 3 nitrogen and oxygen atoms in total. The lowest BCUT2D eigenvalue weighted by Crippen LogP contribution is -2.50. The summed E-state index contributed by atoms with van der Waals surface area (Å²) in [4.78, 5) is 4.17. The Morgan fingerprint density at radius 2 is 1.47 bits per heavy atom. The predicted molar refractivity (Wildman–Crippen MR) is 82.5 cm³/mol. The van der Waals surface area contributed by atoms with Crippen molar-refractivity contribution in [2.45, 2.75) is 58.2 Å². The minimum Gasteiger partial charge on any atom is -0.539 e. The van der Waals surface area contributed by atoms with E-state index in [0.717, 1.165) is 11.5 Å². The molecule has 0 radical (unpaired) electrons. The molecule has 0 N–H and O–H groups in total. The number of hydrogen-bond acceptors (Lipinski definition) is 3. The first-order valence-electron chi connectivity index (χ1n) is 7.03. The highest BCUT2D eigenvalue weighted by molar-refractivity contribution is 6.78. The van der Waals surface area contributed by atoms with E-state index in [4.69, 9.17) is 9.16 Å². The van der Waals surface area contributed by atoms with E-state index in [0.29, 0.717) is 16.6 Å². The first-order chi connectivity index (χ1) is 8.86. The van der Waals surface area contributed by atoms with Crippen LogP contribution >= 0.6 is 0 Å². The number of ether oxygens (including phenoxy) is 1. The molecule has 1 heterocycles. The van der Waals surface area contributed by atoms with E-state index in [9.17, 15) is 0 Å². The second kappa shape index (κ2) is 6.42. The highest BCUT2D eigenvalue weighted by Crippen LogP contribution is 2.44. The Hall–Kier alpha value is -1.03. The quantitative estimate of drug-likeness (QED) is 0.712. The van der Waals surface area contributed by atoms with Crippen molar-refractivity contribution in [2.75, 3.05) is 7.11 Å². The monoisotopic (exact) mass is 281 g/mol. The number of aromatic nitrogens is 1. The zero-order chi connectivity index (χ0) is 14.6. The largest absolute Gasteiger partial charge is 0.539 e. The summed E-state index contributed by atoms with van der Waals surface area (Å²) < 4.78 is 11.9. The lowest BCUT2D eigenvalue weighted by molar-refractivity contribution is 0.381. The molecule has 0 aliphatic rings. The number of nitrogens with zero attached hydrogens (tertiary/aromatic N) is 1. The molecular weight excluding hydrogens is 254 g/mol. The van der Waals surface area contributed by atoms with Gasteiger partial charge < -0.3 is 9.16 Å². The Bertz CT molecular complexity index is 383. The highest BCUT2D eigenvalue weighted by atomic mass is 28.4. The summed E-state index contributed by atoms with van der Waals surface area (Å²) in [5.41, 5.74) is 1.62. The van der Waals surface area contributed by atoms with E-state index >= 15 is 0 Å². The van der Waals surface area contributed by atoms with Crippen molar-refractivity contribution in [1.29, 1.82) is 0 Å². The van der Waals surface area contributed by atoms with Crippen LogP contribution in [0.1, 0.15) is 41.5 Å². The average molecular weight is 281 g/mol. The van der Waals surface area contributed by atoms with Crippen molar-refractivity contribution >= 4 is 8.32 Å². The standard InChI is InChI=1S/C15H27NO2Si/c1-11(2)19(12(3)4,13(5)6)18-15-10-16-9-8-14(15)17-7/h8-13H,1-7H3. The van der Waals surface area contributed by atoms with Gasteiger partial charge in [0.1, 0.15) is 0 Å². The molecule has 0 saturated heterocycles. The van der Waals surface area contributed by atoms with Crippen LogP contribution in [0.2, 0.25) is 16.6 Å². The Labute approximate surface area is 118 Å². The summed E-state index contributed by atoms with van der Waals surface area (Å²) in [6.07, 6.45) is 3.50. The fourth-order valence-electron chi connectivity index (χ4n) is 3.16. The molecular formula is C15H27NO2Si. The number of methoxy groups -OCH3 is 1. The fourth-order valence-corrected chi connectivity index (χ4v) is 8.40. The Morgan fingerprint density at radius 3 is 1.89 bits per heavy atom. The van der Waals surface area contributed by atoms with Crippen LogP contribution < -0.4 is 9.16 Å². The molecule has 0 spiro atoms. The SMILES string of the molecule is COc1ccncc1O[Si](C(C)C)(C(C)C)C(C)C. The van der Waals surface area contributed by atoms with Crippen LogP contribution in [-0.2, 0) is 0 Å². The molecule has 19 heavy (non-hydrogen) atoms. The van der Waals surface area contributed by atoms with E-state index in [1.807, 2.05) is 6.07 Å². The van der Waals surface area contributed by atoms with Gasteiger partial charge in [-0.2, -0.15) is 0 Å². The van der Waals surface area contributed by atoms with Gasteiger partial charge >= 0.3 is 0 Å². The highest BCUT2D eigenvalue weighted by Gasteiger charge is 2.47. The van der Waals surface area contributed by atoms with E-state index in [1.165, 1.54) is 0 Å². The molecule has 0 fully saturated rings. The summed E-state index contributed by atoms with van der Waals surface area (Å²) >= 11 is 0. The summed E-state index contributed by atoms with van der Waals surface area (Å²) in [5.74, 6) is 1.56. The van der Waals surface area contributed by atoms with Crippen molar-refractivity contribution in [3.8, 4) is 11.5 Å². The molecule has 1 aromatic heterocycles.